The van der Waals surface area contributed by atoms with E-state index in [0.29, 0.717) is 5.92 Å². The standard InChI is InChI=1S/C17H20N4O3/c1-17(2)12-4-3-10(15(17)7-12)9-19-20-16(22)11-5-13(18)8-14(6-11)21(23)24/h3,5-6,8-9,12,15H,4,7,18H2,1-2H3,(H,20,22)/t12-,15+/m0/s1. The number of nitro groups is 1. The van der Waals surface area contributed by atoms with Gasteiger partial charge in [0.15, 0.2) is 0 Å². The van der Waals surface area contributed by atoms with Gasteiger partial charge in [0.25, 0.3) is 11.6 Å². The highest BCUT2D eigenvalue weighted by atomic mass is 16.6. The Morgan fingerprint density at radius 2 is 2.21 bits per heavy atom. The van der Waals surface area contributed by atoms with E-state index >= 15 is 0 Å². The van der Waals surface area contributed by atoms with Crippen molar-refractivity contribution in [2.75, 3.05) is 5.73 Å². The molecule has 1 aromatic carbocycles. The number of carbonyl (C=O) groups is 1. The lowest BCUT2D eigenvalue weighted by Crippen LogP contribution is -2.48. The highest BCUT2D eigenvalue weighted by Crippen LogP contribution is 2.58. The maximum atomic E-state index is 12.1. The molecule has 1 fully saturated rings. The summed E-state index contributed by atoms with van der Waals surface area (Å²) in [5, 5.41) is 14.8. The van der Waals surface area contributed by atoms with E-state index in [1.54, 1.807) is 6.21 Å². The van der Waals surface area contributed by atoms with Crippen LogP contribution in [0.2, 0.25) is 0 Å². The number of nitro benzene ring substituents is 1. The van der Waals surface area contributed by atoms with Crippen LogP contribution in [0, 0.1) is 27.4 Å². The number of nitrogens with one attached hydrogen (secondary N) is 1. The minimum absolute atomic E-state index is 0.112. The van der Waals surface area contributed by atoms with E-state index < -0.39 is 10.8 Å². The summed E-state index contributed by atoms with van der Waals surface area (Å²) in [4.78, 5) is 22.4. The van der Waals surface area contributed by atoms with E-state index in [1.165, 1.54) is 24.6 Å². The van der Waals surface area contributed by atoms with E-state index in [0.717, 1.165) is 17.9 Å². The Kier molecular flexibility index (Phi) is 3.87. The van der Waals surface area contributed by atoms with Crippen molar-refractivity contribution in [1.29, 1.82) is 0 Å². The molecule has 126 valence electrons. The lowest BCUT2D eigenvalue weighted by Gasteiger charge is -2.55. The van der Waals surface area contributed by atoms with Crippen molar-refractivity contribution in [2.24, 2.45) is 22.4 Å². The lowest BCUT2D eigenvalue weighted by molar-refractivity contribution is -0.384. The maximum absolute atomic E-state index is 12.1. The molecule has 0 unspecified atom stereocenters. The fourth-order valence-electron chi connectivity index (χ4n) is 3.65. The topological polar surface area (TPSA) is 111 Å². The van der Waals surface area contributed by atoms with Gasteiger partial charge in [0.1, 0.15) is 0 Å². The molecule has 3 aliphatic rings. The van der Waals surface area contributed by atoms with Crippen molar-refractivity contribution in [1.82, 2.24) is 5.43 Å². The monoisotopic (exact) mass is 328 g/mol. The van der Waals surface area contributed by atoms with Crippen LogP contribution < -0.4 is 11.2 Å². The molecule has 1 amide bonds. The molecule has 3 aliphatic carbocycles. The van der Waals surface area contributed by atoms with Gasteiger partial charge < -0.3 is 5.73 Å². The molecule has 24 heavy (non-hydrogen) atoms. The lowest BCUT2D eigenvalue weighted by atomic mass is 9.49. The number of nitrogens with zero attached hydrogens (tertiary/aromatic N) is 2. The quantitative estimate of drug-likeness (QED) is 0.383. The Morgan fingerprint density at radius 1 is 1.46 bits per heavy atom. The molecular formula is C17H20N4O3. The molecular weight excluding hydrogens is 308 g/mol. The normalized spacial score (nSPS) is 24.2. The van der Waals surface area contributed by atoms with Crippen LogP contribution in [0.4, 0.5) is 11.4 Å². The fourth-order valence-corrected chi connectivity index (χ4v) is 3.65. The smallest absolute Gasteiger partial charge is 0.272 e. The third kappa shape index (κ3) is 2.77. The Morgan fingerprint density at radius 3 is 2.83 bits per heavy atom. The fraction of sp³-hybridized carbons (Fsp3) is 0.412. The number of fused-ring (bicyclic) bond motifs is 1. The average molecular weight is 328 g/mol. The highest BCUT2D eigenvalue weighted by molar-refractivity contribution is 5.96. The number of allylic oxidation sites excluding steroid dienone is 2. The number of anilines is 1. The van der Waals surface area contributed by atoms with Gasteiger partial charge in [0.2, 0.25) is 0 Å². The minimum atomic E-state index is -0.585. The Hall–Kier alpha value is -2.70. The van der Waals surface area contributed by atoms with Gasteiger partial charge in [0, 0.05) is 17.8 Å². The van der Waals surface area contributed by atoms with Crippen LogP contribution in [0.25, 0.3) is 0 Å². The first-order valence-electron chi connectivity index (χ1n) is 7.87. The summed E-state index contributed by atoms with van der Waals surface area (Å²) in [6.45, 7) is 4.52. The number of nitrogens with two attached hydrogens (primary N) is 1. The minimum Gasteiger partial charge on any atom is -0.399 e. The van der Waals surface area contributed by atoms with Gasteiger partial charge >= 0.3 is 0 Å². The third-order valence-electron chi connectivity index (χ3n) is 5.30. The molecule has 1 aromatic rings. The van der Waals surface area contributed by atoms with Gasteiger partial charge in [-0.05, 0) is 41.7 Å². The number of amides is 1. The molecule has 7 heteroatoms. The van der Waals surface area contributed by atoms with Gasteiger partial charge in [-0.1, -0.05) is 19.9 Å². The predicted octanol–water partition coefficient (Wildman–Crippen LogP) is 2.89. The van der Waals surface area contributed by atoms with E-state index in [2.05, 4.69) is 30.5 Å². The second-order valence-electron chi connectivity index (χ2n) is 7.02. The van der Waals surface area contributed by atoms with E-state index in [-0.39, 0.29) is 22.4 Å². The van der Waals surface area contributed by atoms with E-state index in [4.69, 9.17) is 5.73 Å². The first-order chi connectivity index (χ1) is 11.3. The number of benzene rings is 1. The molecule has 3 N–H and O–H groups in total. The van der Waals surface area contributed by atoms with E-state index in [1.807, 2.05) is 0 Å². The first-order valence-corrected chi connectivity index (χ1v) is 7.87. The van der Waals surface area contributed by atoms with Crippen molar-refractivity contribution in [3.05, 3.63) is 45.5 Å². The van der Waals surface area contributed by atoms with Crippen LogP contribution in [-0.4, -0.2) is 17.0 Å². The number of hydrazone groups is 1. The molecule has 2 atom stereocenters. The van der Waals surface area contributed by atoms with Crippen LogP contribution >= 0.6 is 0 Å². The summed E-state index contributed by atoms with van der Waals surface area (Å²) in [7, 11) is 0. The van der Waals surface area contributed by atoms with Crippen molar-refractivity contribution in [2.45, 2.75) is 26.7 Å². The number of nitrogen functional groups attached to an aromatic ring is 1. The zero-order chi connectivity index (χ0) is 17.5. The number of hydrogen-bond acceptors (Lipinski definition) is 5. The van der Waals surface area contributed by atoms with Crippen LogP contribution in [0.15, 0.2) is 34.9 Å². The summed E-state index contributed by atoms with van der Waals surface area (Å²) in [5.74, 6) is 0.691. The summed E-state index contributed by atoms with van der Waals surface area (Å²) < 4.78 is 0. The average Bonchev–Trinajstić information content (AvgIpc) is 2.54. The zero-order valence-corrected chi connectivity index (χ0v) is 13.7. The largest absolute Gasteiger partial charge is 0.399 e. The molecule has 1 saturated carbocycles. The molecule has 0 radical (unpaired) electrons. The first kappa shape index (κ1) is 16.2. The SMILES string of the molecule is CC1(C)[C@H]2CC=C(C=NNC(=O)c3cc(N)cc([N+](=O)[O-])c3)[C@H]1C2. The number of rotatable bonds is 4. The van der Waals surface area contributed by atoms with Gasteiger partial charge in [-0.15, -0.1) is 0 Å². The summed E-state index contributed by atoms with van der Waals surface area (Å²) in [6.07, 6.45) is 6.06. The molecule has 2 bridgehead atoms. The molecule has 7 nitrogen and oxygen atoms in total. The number of carbonyl (C=O) groups excluding carboxylic acids is 1. The molecule has 0 spiro atoms. The molecule has 0 saturated heterocycles. The van der Waals surface area contributed by atoms with Crippen molar-refractivity contribution >= 4 is 23.5 Å². The Bertz CT molecular complexity index is 767. The third-order valence-corrected chi connectivity index (χ3v) is 5.30. The van der Waals surface area contributed by atoms with Gasteiger partial charge in [0.05, 0.1) is 16.7 Å². The van der Waals surface area contributed by atoms with Crippen molar-refractivity contribution in [3.63, 3.8) is 0 Å². The van der Waals surface area contributed by atoms with Crippen molar-refractivity contribution in [3.8, 4) is 0 Å². The van der Waals surface area contributed by atoms with Crippen molar-refractivity contribution < 1.29 is 9.72 Å². The molecule has 0 heterocycles. The summed E-state index contributed by atoms with van der Waals surface area (Å²) in [6, 6.07) is 3.78. The second-order valence-corrected chi connectivity index (χ2v) is 7.02. The second kappa shape index (κ2) is 5.74. The van der Waals surface area contributed by atoms with E-state index in [9.17, 15) is 14.9 Å². The van der Waals surface area contributed by atoms with Crippen LogP contribution in [0.3, 0.4) is 0 Å². The van der Waals surface area contributed by atoms with Crippen LogP contribution in [-0.2, 0) is 0 Å². The Labute approximate surface area is 139 Å². The van der Waals surface area contributed by atoms with Gasteiger partial charge in [-0.3, -0.25) is 14.9 Å². The van der Waals surface area contributed by atoms with Gasteiger partial charge in [-0.2, -0.15) is 5.10 Å². The number of non-ortho nitro benzene ring substituents is 1. The van der Waals surface area contributed by atoms with Gasteiger partial charge in [-0.25, -0.2) is 5.43 Å². The molecule has 4 rings (SSSR count). The predicted molar refractivity (Wildman–Crippen MR) is 91.5 cm³/mol. The summed E-state index contributed by atoms with van der Waals surface area (Å²) in [5.41, 5.74) is 9.50. The number of hydrogen-bond donors (Lipinski definition) is 2. The van der Waals surface area contributed by atoms with Crippen LogP contribution in [0.1, 0.15) is 37.0 Å². The highest BCUT2D eigenvalue weighted by Gasteiger charge is 2.50. The Balaban J connectivity index is 1.68. The molecule has 0 aromatic heterocycles. The van der Waals surface area contributed by atoms with Crippen LogP contribution in [0.5, 0.6) is 0 Å². The molecule has 0 aliphatic heterocycles. The summed E-state index contributed by atoms with van der Waals surface area (Å²) >= 11 is 0. The zero-order valence-electron chi connectivity index (χ0n) is 13.7. The maximum Gasteiger partial charge on any atom is 0.272 e.